The van der Waals surface area contributed by atoms with Crippen LogP contribution in [0.2, 0.25) is 0 Å². The Balaban J connectivity index is 2.33. The first-order valence-corrected chi connectivity index (χ1v) is 9.29. The summed E-state index contributed by atoms with van der Waals surface area (Å²) in [6.07, 6.45) is 1.15. The number of ether oxygens (including phenoxy) is 1. The minimum absolute atomic E-state index is 0.0415. The van der Waals surface area contributed by atoms with Gasteiger partial charge in [-0.1, -0.05) is 6.92 Å². The molecule has 5 nitrogen and oxygen atoms in total. The Morgan fingerprint density at radius 3 is 2.48 bits per heavy atom. The average Bonchev–Trinajstić information content (AvgIpc) is 2.97. The van der Waals surface area contributed by atoms with Gasteiger partial charge in [-0.25, -0.2) is 9.18 Å². The molecule has 1 aromatic carbocycles. The van der Waals surface area contributed by atoms with E-state index < -0.39 is 5.97 Å². The predicted octanol–water partition coefficient (Wildman–Crippen LogP) is 4.08. The first kappa shape index (κ1) is 20.7. The van der Waals surface area contributed by atoms with Crippen molar-refractivity contribution in [3.05, 3.63) is 47.4 Å². The molecular weight excluding hydrogens is 347 g/mol. The minimum atomic E-state index is -0.402. The largest absolute Gasteiger partial charge is 0.462 e. The third-order valence-corrected chi connectivity index (χ3v) is 4.58. The Morgan fingerprint density at radius 1 is 1.22 bits per heavy atom. The molecule has 2 rings (SSSR count). The predicted molar refractivity (Wildman–Crippen MR) is 103 cm³/mol. The van der Waals surface area contributed by atoms with Crippen molar-refractivity contribution in [3.63, 3.8) is 0 Å². The summed E-state index contributed by atoms with van der Waals surface area (Å²) in [6, 6.07) is 7.94. The summed E-state index contributed by atoms with van der Waals surface area (Å²) in [5, 5.41) is 2.94. The third-order valence-electron chi connectivity index (χ3n) is 4.58. The lowest BCUT2D eigenvalue weighted by atomic mass is 10.1. The molecule has 6 heteroatoms. The van der Waals surface area contributed by atoms with Crippen LogP contribution in [0.1, 0.15) is 49.7 Å². The van der Waals surface area contributed by atoms with Gasteiger partial charge < -0.3 is 14.6 Å². The van der Waals surface area contributed by atoms with Crippen molar-refractivity contribution in [2.45, 2.75) is 53.1 Å². The van der Waals surface area contributed by atoms with Gasteiger partial charge in [0.05, 0.1) is 12.2 Å². The summed E-state index contributed by atoms with van der Waals surface area (Å²) in [7, 11) is 0. The van der Waals surface area contributed by atoms with Crippen molar-refractivity contribution < 1.29 is 18.7 Å². The SMILES string of the molecule is CCOC(=O)c1cc(-c2ccc(F)cc2)n(CCC(=O)NC(C)CC)c1C. The average molecular weight is 374 g/mol. The van der Waals surface area contributed by atoms with Crippen LogP contribution >= 0.6 is 0 Å². The number of nitrogens with one attached hydrogen (secondary N) is 1. The maximum absolute atomic E-state index is 13.3. The number of hydrogen-bond acceptors (Lipinski definition) is 3. The van der Waals surface area contributed by atoms with Gasteiger partial charge in [-0.05, 0) is 63.1 Å². The van der Waals surface area contributed by atoms with Crippen LogP contribution in [-0.2, 0) is 16.1 Å². The number of hydrogen-bond donors (Lipinski definition) is 1. The molecular formula is C21H27FN2O3. The van der Waals surface area contributed by atoms with Crippen molar-refractivity contribution in [1.29, 1.82) is 0 Å². The second-order valence-electron chi connectivity index (χ2n) is 6.53. The molecule has 1 amide bonds. The quantitative estimate of drug-likeness (QED) is 0.708. The first-order valence-electron chi connectivity index (χ1n) is 9.29. The highest BCUT2D eigenvalue weighted by molar-refractivity contribution is 5.92. The maximum atomic E-state index is 13.3. The van der Waals surface area contributed by atoms with Crippen LogP contribution in [0, 0.1) is 12.7 Å². The van der Waals surface area contributed by atoms with Crippen molar-refractivity contribution >= 4 is 11.9 Å². The van der Waals surface area contributed by atoms with Crippen molar-refractivity contribution in [1.82, 2.24) is 9.88 Å². The number of amides is 1. The summed E-state index contributed by atoms with van der Waals surface area (Å²) in [6.45, 7) is 8.25. The molecule has 0 fully saturated rings. The van der Waals surface area contributed by atoms with E-state index in [1.54, 1.807) is 25.1 Å². The Hall–Kier alpha value is -2.63. The molecule has 1 N–H and O–H groups in total. The number of rotatable bonds is 8. The van der Waals surface area contributed by atoms with Crippen molar-refractivity contribution in [2.75, 3.05) is 6.61 Å². The highest BCUT2D eigenvalue weighted by atomic mass is 19.1. The molecule has 0 saturated carbocycles. The monoisotopic (exact) mass is 374 g/mol. The van der Waals surface area contributed by atoms with Crippen LogP contribution < -0.4 is 5.32 Å². The smallest absolute Gasteiger partial charge is 0.339 e. The fourth-order valence-electron chi connectivity index (χ4n) is 2.87. The van der Waals surface area contributed by atoms with Gasteiger partial charge in [-0.3, -0.25) is 4.79 Å². The van der Waals surface area contributed by atoms with E-state index in [1.165, 1.54) is 12.1 Å². The van der Waals surface area contributed by atoms with E-state index >= 15 is 0 Å². The van der Waals surface area contributed by atoms with E-state index in [4.69, 9.17) is 4.74 Å². The summed E-state index contributed by atoms with van der Waals surface area (Å²) < 4.78 is 20.3. The second-order valence-corrected chi connectivity index (χ2v) is 6.53. The molecule has 0 bridgehead atoms. The second kappa shape index (κ2) is 9.35. The van der Waals surface area contributed by atoms with Gasteiger partial charge in [0.2, 0.25) is 5.91 Å². The lowest BCUT2D eigenvalue weighted by Gasteiger charge is -2.14. The summed E-state index contributed by atoms with van der Waals surface area (Å²) in [4.78, 5) is 24.4. The summed E-state index contributed by atoms with van der Waals surface area (Å²) in [5.41, 5.74) is 2.71. The molecule has 146 valence electrons. The lowest BCUT2D eigenvalue weighted by molar-refractivity contribution is -0.121. The van der Waals surface area contributed by atoms with E-state index in [9.17, 15) is 14.0 Å². The number of benzene rings is 1. The molecule has 0 aliphatic carbocycles. The molecule has 0 saturated heterocycles. The normalized spacial score (nSPS) is 11.9. The first-order chi connectivity index (χ1) is 12.9. The van der Waals surface area contributed by atoms with E-state index in [2.05, 4.69) is 5.32 Å². The third kappa shape index (κ3) is 5.18. The Morgan fingerprint density at radius 2 is 1.89 bits per heavy atom. The molecule has 1 heterocycles. The Labute approximate surface area is 159 Å². The maximum Gasteiger partial charge on any atom is 0.339 e. The van der Waals surface area contributed by atoms with Crippen LogP contribution in [0.25, 0.3) is 11.3 Å². The summed E-state index contributed by atoms with van der Waals surface area (Å²) >= 11 is 0. The van der Waals surface area contributed by atoms with Crippen LogP contribution in [-0.4, -0.2) is 29.1 Å². The molecule has 27 heavy (non-hydrogen) atoms. The Kier molecular flexibility index (Phi) is 7.16. The highest BCUT2D eigenvalue weighted by Crippen LogP contribution is 2.27. The summed E-state index contributed by atoms with van der Waals surface area (Å²) in [5.74, 6) is -0.770. The lowest BCUT2D eigenvalue weighted by Crippen LogP contribution is -2.32. The van der Waals surface area contributed by atoms with E-state index in [-0.39, 0.29) is 30.8 Å². The molecule has 0 aliphatic heterocycles. The van der Waals surface area contributed by atoms with E-state index in [0.29, 0.717) is 12.1 Å². The molecule has 0 radical (unpaired) electrons. The molecule has 1 atom stereocenters. The molecule has 1 aromatic heterocycles. The van der Waals surface area contributed by atoms with E-state index in [0.717, 1.165) is 23.4 Å². The van der Waals surface area contributed by atoms with Gasteiger partial charge in [0.15, 0.2) is 0 Å². The van der Waals surface area contributed by atoms with Crippen LogP contribution in [0.5, 0.6) is 0 Å². The topological polar surface area (TPSA) is 60.3 Å². The number of esters is 1. The molecule has 1 unspecified atom stereocenters. The van der Waals surface area contributed by atoms with Gasteiger partial charge in [0.25, 0.3) is 0 Å². The van der Waals surface area contributed by atoms with Gasteiger partial charge in [0, 0.05) is 30.4 Å². The Bertz CT molecular complexity index is 797. The number of aromatic nitrogens is 1. The number of carbonyl (C=O) groups is 2. The van der Waals surface area contributed by atoms with Gasteiger partial charge in [-0.15, -0.1) is 0 Å². The number of halogens is 1. The van der Waals surface area contributed by atoms with Crippen LogP contribution in [0.3, 0.4) is 0 Å². The van der Waals surface area contributed by atoms with Crippen LogP contribution in [0.15, 0.2) is 30.3 Å². The van der Waals surface area contributed by atoms with Crippen LogP contribution in [0.4, 0.5) is 4.39 Å². The fraction of sp³-hybridized carbons (Fsp3) is 0.429. The zero-order chi connectivity index (χ0) is 20.0. The fourth-order valence-corrected chi connectivity index (χ4v) is 2.87. The zero-order valence-electron chi connectivity index (χ0n) is 16.3. The standard InChI is InChI=1S/C21H27FN2O3/c1-5-14(3)23-20(25)11-12-24-15(4)18(21(26)27-6-2)13-19(24)16-7-9-17(22)10-8-16/h7-10,13-14H,5-6,11-12H2,1-4H3,(H,23,25). The van der Waals surface area contributed by atoms with Crippen molar-refractivity contribution in [2.24, 2.45) is 0 Å². The molecule has 0 aliphatic rings. The minimum Gasteiger partial charge on any atom is -0.462 e. The zero-order valence-corrected chi connectivity index (χ0v) is 16.3. The van der Waals surface area contributed by atoms with Gasteiger partial charge in [-0.2, -0.15) is 0 Å². The van der Waals surface area contributed by atoms with Gasteiger partial charge in [0.1, 0.15) is 5.82 Å². The van der Waals surface area contributed by atoms with Crippen molar-refractivity contribution in [3.8, 4) is 11.3 Å². The number of carbonyl (C=O) groups excluding carboxylic acids is 2. The molecule has 0 spiro atoms. The highest BCUT2D eigenvalue weighted by Gasteiger charge is 2.20. The van der Waals surface area contributed by atoms with E-state index in [1.807, 2.05) is 25.3 Å². The van der Waals surface area contributed by atoms with Gasteiger partial charge >= 0.3 is 5.97 Å². The molecule has 2 aromatic rings. The number of nitrogens with zero attached hydrogens (tertiary/aromatic N) is 1.